The van der Waals surface area contributed by atoms with Gasteiger partial charge in [-0.2, -0.15) is 8.78 Å². The highest BCUT2D eigenvalue weighted by atomic mass is 32.2. The Hall–Kier alpha value is -2.02. The molecular formula is C14H14F2N2O2S. The molecule has 1 heterocycles. The number of anilines is 1. The molecule has 0 spiro atoms. The van der Waals surface area contributed by atoms with Crippen LogP contribution in [0.1, 0.15) is 11.1 Å². The molecule has 21 heavy (non-hydrogen) atoms. The second-order valence-electron chi connectivity index (χ2n) is 4.49. The topological polar surface area (TPSA) is 59.1 Å². The summed E-state index contributed by atoms with van der Waals surface area (Å²) in [6.45, 7) is 2.47. The van der Waals surface area contributed by atoms with Crippen molar-refractivity contribution >= 4 is 15.5 Å². The van der Waals surface area contributed by atoms with E-state index in [1.54, 1.807) is 12.4 Å². The van der Waals surface area contributed by atoms with Crippen LogP contribution in [0.25, 0.3) is 0 Å². The Kier molecular flexibility index (Phi) is 4.52. The fraction of sp³-hybridized carbons (Fsp3) is 0.214. The predicted octanol–water partition coefficient (Wildman–Crippen LogP) is 3.00. The minimum absolute atomic E-state index is 0.388. The Morgan fingerprint density at radius 2 is 1.86 bits per heavy atom. The number of hydrogen-bond acceptors (Lipinski definition) is 4. The van der Waals surface area contributed by atoms with Crippen LogP contribution in [-0.2, 0) is 16.4 Å². The molecule has 0 radical (unpaired) electrons. The summed E-state index contributed by atoms with van der Waals surface area (Å²) in [5, 5.41) is 3.09. The quantitative estimate of drug-likeness (QED) is 0.922. The molecule has 0 aliphatic heterocycles. The van der Waals surface area contributed by atoms with Crippen molar-refractivity contribution in [3.8, 4) is 0 Å². The zero-order chi connectivity index (χ0) is 15.5. The summed E-state index contributed by atoms with van der Waals surface area (Å²) in [4.78, 5) is 3.63. The number of rotatable bonds is 5. The molecule has 4 nitrogen and oxygen atoms in total. The summed E-state index contributed by atoms with van der Waals surface area (Å²) in [5.74, 6) is -3.41. The van der Waals surface area contributed by atoms with Crippen molar-refractivity contribution in [2.75, 3.05) is 5.32 Å². The van der Waals surface area contributed by atoms with E-state index in [1.807, 2.05) is 13.0 Å². The van der Waals surface area contributed by atoms with Gasteiger partial charge in [-0.25, -0.2) is 8.42 Å². The lowest BCUT2D eigenvalue weighted by atomic mass is 10.1. The Morgan fingerprint density at radius 3 is 2.43 bits per heavy atom. The number of halogens is 2. The molecule has 0 fully saturated rings. The van der Waals surface area contributed by atoms with Crippen LogP contribution in [0.5, 0.6) is 0 Å². The van der Waals surface area contributed by atoms with Gasteiger partial charge in [-0.05, 0) is 48.4 Å². The molecule has 0 saturated heterocycles. The van der Waals surface area contributed by atoms with Crippen LogP contribution in [0.3, 0.4) is 0 Å². The Balaban J connectivity index is 2.09. The summed E-state index contributed by atoms with van der Waals surface area (Å²) in [6.07, 6.45) is 3.43. The smallest absolute Gasteiger partial charge is 0.341 e. The van der Waals surface area contributed by atoms with Crippen LogP contribution in [0.2, 0.25) is 0 Å². The molecule has 0 unspecified atom stereocenters. The van der Waals surface area contributed by atoms with E-state index in [2.05, 4.69) is 10.3 Å². The first-order valence-electron chi connectivity index (χ1n) is 6.17. The van der Waals surface area contributed by atoms with E-state index >= 15 is 0 Å². The fourth-order valence-electron chi connectivity index (χ4n) is 1.74. The standard InChI is InChI=1S/C14H14F2N2O2S/c1-10-6-7-17-8-11(10)9-18-12-2-4-13(5-3-12)21(19,20)14(15)16/h2-8,14,18H,9H2,1H3. The van der Waals surface area contributed by atoms with Gasteiger partial charge in [0.15, 0.2) is 0 Å². The van der Waals surface area contributed by atoms with Crippen LogP contribution in [0.4, 0.5) is 14.5 Å². The van der Waals surface area contributed by atoms with Crippen molar-refractivity contribution in [2.45, 2.75) is 24.1 Å². The Bertz CT molecular complexity index is 716. The van der Waals surface area contributed by atoms with Crippen LogP contribution in [0.15, 0.2) is 47.6 Å². The Morgan fingerprint density at radius 1 is 1.19 bits per heavy atom. The Labute approximate surface area is 121 Å². The lowest BCUT2D eigenvalue weighted by Crippen LogP contribution is -2.11. The molecule has 2 rings (SSSR count). The highest BCUT2D eigenvalue weighted by Gasteiger charge is 2.26. The van der Waals surface area contributed by atoms with Gasteiger partial charge in [0.1, 0.15) is 0 Å². The molecule has 112 valence electrons. The van der Waals surface area contributed by atoms with Crippen molar-refractivity contribution in [3.05, 3.63) is 53.9 Å². The van der Waals surface area contributed by atoms with E-state index in [-0.39, 0.29) is 4.90 Å². The third-order valence-corrected chi connectivity index (χ3v) is 4.45. The minimum Gasteiger partial charge on any atom is -0.381 e. The van der Waals surface area contributed by atoms with Gasteiger partial charge in [0, 0.05) is 24.6 Å². The zero-order valence-corrected chi connectivity index (χ0v) is 12.1. The summed E-state index contributed by atoms with van der Waals surface area (Å²) in [7, 11) is -4.54. The fourth-order valence-corrected chi connectivity index (χ4v) is 2.47. The number of sulfone groups is 1. The lowest BCUT2D eigenvalue weighted by Gasteiger charge is -2.09. The predicted molar refractivity (Wildman–Crippen MR) is 75.9 cm³/mol. The second-order valence-corrected chi connectivity index (χ2v) is 6.40. The molecule has 1 aromatic heterocycles. The molecule has 0 aliphatic rings. The molecule has 7 heteroatoms. The molecule has 0 aliphatic carbocycles. The van der Waals surface area contributed by atoms with E-state index in [1.165, 1.54) is 24.3 Å². The van der Waals surface area contributed by atoms with Crippen molar-refractivity contribution < 1.29 is 17.2 Å². The first kappa shape index (κ1) is 15.4. The number of nitrogens with one attached hydrogen (secondary N) is 1. The van der Waals surface area contributed by atoms with Gasteiger partial charge in [0.05, 0.1) is 4.90 Å². The third-order valence-electron chi connectivity index (χ3n) is 3.05. The summed E-state index contributed by atoms with van der Waals surface area (Å²) in [5.41, 5.74) is 2.72. The van der Waals surface area contributed by atoms with E-state index in [0.29, 0.717) is 12.2 Å². The largest absolute Gasteiger partial charge is 0.381 e. The van der Waals surface area contributed by atoms with Crippen molar-refractivity contribution in [1.82, 2.24) is 4.98 Å². The highest BCUT2D eigenvalue weighted by molar-refractivity contribution is 7.91. The summed E-state index contributed by atoms with van der Waals surface area (Å²) < 4.78 is 47.4. The average molecular weight is 312 g/mol. The van der Waals surface area contributed by atoms with Crippen LogP contribution < -0.4 is 5.32 Å². The molecule has 0 bridgehead atoms. The van der Waals surface area contributed by atoms with Gasteiger partial charge in [-0.15, -0.1) is 0 Å². The van der Waals surface area contributed by atoms with Crippen molar-refractivity contribution in [1.29, 1.82) is 0 Å². The average Bonchev–Trinajstić information content (AvgIpc) is 2.46. The lowest BCUT2D eigenvalue weighted by molar-refractivity contribution is 0.234. The van der Waals surface area contributed by atoms with Gasteiger partial charge >= 0.3 is 5.76 Å². The number of aryl methyl sites for hydroxylation is 1. The van der Waals surface area contributed by atoms with Gasteiger partial charge in [0.2, 0.25) is 9.84 Å². The van der Waals surface area contributed by atoms with Crippen LogP contribution in [0, 0.1) is 6.92 Å². The maximum atomic E-state index is 12.4. The van der Waals surface area contributed by atoms with Gasteiger partial charge in [-0.1, -0.05) is 0 Å². The normalized spacial score (nSPS) is 11.6. The first-order valence-corrected chi connectivity index (χ1v) is 7.71. The maximum absolute atomic E-state index is 12.4. The SMILES string of the molecule is Cc1ccncc1CNc1ccc(S(=O)(=O)C(F)F)cc1. The van der Waals surface area contributed by atoms with E-state index < -0.39 is 15.6 Å². The molecule has 0 atom stereocenters. The molecule has 1 N–H and O–H groups in total. The van der Waals surface area contributed by atoms with Gasteiger partial charge in [-0.3, -0.25) is 4.98 Å². The monoisotopic (exact) mass is 312 g/mol. The molecule has 1 aromatic carbocycles. The second kappa shape index (κ2) is 6.17. The van der Waals surface area contributed by atoms with E-state index in [9.17, 15) is 17.2 Å². The van der Waals surface area contributed by atoms with Gasteiger partial charge < -0.3 is 5.32 Å². The third kappa shape index (κ3) is 3.55. The molecular weight excluding hydrogens is 298 g/mol. The molecule has 0 amide bonds. The maximum Gasteiger partial charge on any atom is 0.341 e. The zero-order valence-electron chi connectivity index (χ0n) is 11.3. The number of pyridine rings is 1. The molecule has 0 saturated carbocycles. The van der Waals surface area contributed by atoms with E-state index in [0.717, 1.165) is 11.1 Å². The van der Waals surface area contributed by atoms with E-state index in [4.69, 9.17) is 0 Å². The number of hydrogen-bond donors (Lipinski definition) is 1. The number of benzene rings is 1. The molecule has 2 aromatic rings. The van der Waals surface area contributed by atoms with Crippen molar-refractivity contribution in [2.24, 2.45) is 0 Å². The number of alkyl halides is 2. The number of nitrogens with zero attached hydrogens (tertiary/aromatic N) is 1. The summed E-state index contributed by atoms with van der Waals surface area (Å²) >= 11 is 0. The van der Waals surface area contributed by atoms with Crippen LogP contribution in [-0.4, -0.2) is 19.2 Å². The van der Waals surface area contributed by atoms with Gasteiger partial charge in [0.25, 0.3) is 0 Å². The van der Waals surface area contributed by atoms with Crippen LogP contribution >= 0.6 is 0 Å². The number of aromatic nitrogens is 1. The summed E-state index contributed by atoms with van der Waals surface area (Å²) in [6, 6.07) is 7.14. The van der Waals surface area contributed by atoms with Crippen molar-refractivity contribution in [3.63, 3.8) is 0 Å². The highest BCUT2D eigenvalue weighted by Crippen LogP contribution is 2.20. The minimum atomic E-state index is -4.54. The first-order chi connectivity index (χ1) is 9.91.